The maximum atomic E-state index is 10.6. The van der Waals surface area contributed by atoms with Crippen molar-refractivity contribution in [2.24, 2.45) is 5.73 Å². The second-order valence-corrected chi connectivity index (χ2v) is 5.38. The summed E-state index contributed by atoms with van der Waals surface area (Å²) in [6.07, 6.45) is 2.82. The van der Waals surface area contributed by atoms with E-state index in [0.717, 1.165) is 21.2 Å². The zero-order valence-electron chi connectivity index (χ0n) is 10.8. The molecule has 3 nitrogen and oxygen atoms in total. The van der Waals surface area contributed by atoms with Crippen LogP contribution in [0.3, 0.4) is 0 Å². The first-order valence-electron chi connectivity index (χ1n) is 6.18. The lowest BCUT2D eigenvalue weighted by Gasteiger charge is -2.24. The van der Waals surface area contributed by atoms with E-state index >= 15 is 0 Å². The normalized spacial score (nSPS) is 14.1. The number of aliphatic hydroxyl groups is 1. The molecule has 0 fully saturated rings. The molecule has 0 spiro atoms. The molecule has 2 unspecified atom stereocenters. The highest BCUT2D eigenvalue weighted by Crippen LogP contribution is 2.33. The van der Waals surface area contributed by atoms with Gasteiger partial charge in [0, 0.05) is 29.3 Å². The summed E-state index contributed by atoms with van der Waals surface area (Å²) in [6.45, 7) is 2.37. The molecule has 2 aromatic rings. The molecule has 1 aromatic carbocycles. The summed E-state index contributed by atoms with van der Waals surface area (Å²) in [4.78, 5) is 4.00. The van der Waals surface area contributed by atoms with Crippen LogP contribution in [0.5, 0.6) is 0 Å². The van der Waals surface area contributed by atoms with Gasteiger partial charge in [0.05, 0.1) is 6.10 Å². The smallest absolute Gasteiger partial charge is 0.0873 e. The lowest BCUT2D eigenvalue weighted by molar-refractivity contribution is 0.146. The van der Waals surface area contributed by atoms with Gasteiger partial charge in [0.2, 0.25) is 0 Å². The van der Waals surface area contributed by atoms with Crippen molar-refractivity contribution in [1.29, 1.82) is 0 Å². The molecular formula is C15H17BrN2O. The number of hydrogen-bond acceptors (Lipinski definition) is 3. The van der Waals surface area contributed by atoms with Crippen molar-refractivity contribution in [3.05, 3.63) is 63.9 Å². The van der Waals surface area contributed by atoms with Gasteiger partial charge in [-0.15, -0.1) is 0 Å². The topological polar surface area (TPSA) is 59.1 Å². The van der Waals surface area contributed by atoms with Crippen molar-refractivity contribution in [1.82, 2.24) is 4.98 Å². The molecule has 1 aromatic heterocycles. The van der Waals surface area contributed by atoms with Crippen LogP contribution in [0.1, 0.15) is 28.7 Å². The molecule has 0 radical (unpaired) electrons. The first-order valence-corrected chi connectivity index (χ1v) is 6.97. The molecule has 0 amide bonds. The van der Waals surface area contributed by atoms with E-state index < -0.39 is 6.10 Å². The molecule has 0 bridgehead atoms. The van der Waals surface area contributed by atoms with Crippen molar-refractivity contribution in [3.8, 4) is 0 Å². The highest BCUT2D eigenvalue weighted by atomic mass is 79.9. The Balaban J connectivity index is 2.36. The highest BCUT2D eigenvalue weighted by Gasteiger charge is 2.23. The first kappa shape index (κ1) is 14.2. The number of nitrogens with two attached hydrogens (primary N) is 1. The van der Waals surface area contributed by atoms with E-state index in [1.54, 1.807) is 12.4 Å². The lowest BCUT2D eigenvalue weighted by Crippen LogP contribution is -2.20. The minimum absolute atomic E-state index is 0.129. The second kappa shape index (κ2) is 6.28. The standard InChI is InChI=1S/C15H17BrN2O/c1-10-12(3-2-4-14(10)16)15(19)13(9-17)11-5-7-18-8-6-11/h2-8,13,15,19H,9,17H2,1H3. The lowest BCUT2D eigenvalue weighted by atomic mass is 9.88. The quantitative estimate of drug-likeness (QED) is 0.910. The molecule has 0 aliphatic rings. The molecule has 1 heterocycles. The number of aromatic nitrogens is 1. The summed E-state index contributed by atoms with van der Waals surface area (Å²) >= 11 is 3.49. The Hall–Kier alpha value is -1.23. The maximum Gasteiger partial charge on any atom is 0.0873 e. The monoisotopic (exact) mass is 320 g/mol. The Morgan fingerprint density at radius 2 is 1.95 bits per heavy atom. The van der Waals surface area contributed by atoms with E-state index in [9.17, 15) is 5.11 Å². The fourth-order valence-electron chi connectivity index (χ4n) is 2.22. The van der Waals surface area contributed by atoms with Gasteiger partial charge in [-0.25, -0.2) is 0 Å². The van der Waals surface area contributed by atoms with Gasteiger partial charge < -0.3 is 10.8 Å². The summed E-state index contributed by atoms with van der Waals surface area (Å²) < 4.78 is 0.995. The number of rotatable bonds is 4. The van der Waals surface area contributed by atoms with E-state index in [4.69, 9.17) is 5.73 Å². The SMILES string of the molecule is Cc1c(Br)cccc1C(O)C(CN)c1ccncc1. The van der Waals surface area contributed by atoms with E-state index in [2.05, 4.69) is 20.9 Å². The third-order valence-corrected chi connectivity index (χ3v) is 4.26. The Morgan fingerprint density at radius 1 is 1.26 bits per heavy atom. The van der Waals surface area contributed by atoms with Crippen LogP contribution in [0.4, 0.5) is 0 Å². The van der Waals surface area contributed by atoms with Gasteiger partial charge in [0.15, 0.2) is 0 Å². The van der Waals surface area contributed by atoms with Crippen LogP contribution in [0.25, 0.3) is 0 Å². The largest absolute Gasteiger partial charge is 0.388 e. The highest BCUT2D eigenvalue weighted by molar-refractivity contribution is 9.10. The third-order valence-electron chi connectivity index (χ3n) is 3.40. The molecule has 3 N–H and O–H groups in total. The summed E-state index contributed by atoms with van der Waals surface area (Å²) in [7, 11) is 0. The fourth-order valence-corrected chi connectivity index (χ4v) is 2.60. The van der Waals surface area contributed by atoms with Crippen LogP contribution in [0.15, 0.2) is 47.2 Å². The zero-order chi connectivity index (χ0) is 13.8. The van der Waals surface area contributed by atoms with Gasteiger partial charge in [-0.05, 0) is 41.8 Å². The van der Waals surface area contributed by atoms with Gasteiger partial charge in [-0.2, -0.15) is 0 Å². The molecule has 2 rings (SSSR count). The summed E-state index contributed by atoms with van der Waals surface area (Å²) in [5, 5.41) is 10.6. The Bertz CT molecular complexity index is 545. The fraction of sp³-hybridized carbons (Fsp3) is 0.267. The maximum absolute atomic E-state index is 10.6. The van der Waals surface area contributed by atoms with Gasteiger partial charge in [0.25, 0.3) is 0 Å². The molecular weight excluding hydrogens is 304 g/mol. The van der Waals surface area contributed by atoms with Gasteiger partial charge in [-0.1, -0.05) is 28.1 Å². The van der Waals surface area contributed by atoms with Crippen LogP contribution in [-0.2, 0) is 0 Å². The number of pyridine rings is 1. The molecule has 0 saturated heterocycles. The molecule has 0 saturated carbocycles. The molecule has 0 aliphatic carbocycles. The predicted molar refractivity (Wildman–Crippen MR) is 79.9 cm³/mol. The van der Waals surface area contributed by atoms with Gasteiger partial charge >= 0.3 is 0 Å². The van der Waals surface area contributed by atoms with Crippen LogP contribution >= 0.6 is 15.9 Å². The van der Waals surface area contributed by atoms with Crippen molar-refractivity contribution >= 4 is 15.9 Å². The number of hydrogen-bond donors (Lipinski definition) is 2. The summed E-state index contributed by atoms with van der Waals surface area (Å²) in [5.41, 5.74) is 8.79. The third kappa shape index (κ3) is 3.03. The Morgan fingerprint density at radius 3 is 2.58 bits per heavy atom. The second-order valence-electron chi connectivity index (χ2n) is 4.52. The number of aliphatic hydroxyl groups excluding tert-OH is 1. The average molecular weight is 321 g/mol. The van der Waals surface area contributed by atoms with Crippen molar-refractivity contribution in [2.75, 3.05) is 6.54 Å². The number of halogens is 1. The van der Waals surface area contributed by atoms with E-state index in [-0.39, 0.29) is 5.92 Å². The molecule has 2 atom stereocenters. The van der Waals surface area contributed by atoms with Crippen LogP contribution in [0, 0.1) is 6.92 Å². The Labute approximate surface area is 121 Å². The first-order chi connectivity index (χ1) is 9.15. The van der Waals surface area contributed by atoms with E-state index in [1.807, 2.05) is 37.3 Å². The Kier molecular flexibility index (Phi) is 4.69. The van der Waals surface area contributed by atoms with Crippen molar-refractivity contribution < 1.29 is 5.11 Å². The number of benzene rings is 1. The molecule has 0 aliphatic heterocycles. The van der Waals surface area contributed by atoms with Gasteiger partial charge in [0.1, 0.15) is 0 Å². The van der Waals surface area contributed by atoms with E-state index in [0.29, 0.717) is 6.54 Å². The predicted octanol–water partition coefficient (Wildman–Crippen LogP) is 2.93. The van der Waals surface area contributed by atoms with Crippen molar-refractivity contribution in [2.45, 2.75) is 18.9 Å². The number of nitrogens with zero attached hydrogens (tertiary/aromatic N) is 1. The molecule has 19 heavy (non-hydrogen) atoms. The van der Waals surface area contributed by atoms with Crippen molar-refractivity contribution in [3.63, 3.8) is 0 Å². The summed E-state index contributed by atoms with van der Waals surface area (Å²) in [5.74, 6) is -0.129. The minimum atomic E-state index is -0.620. The average Bonchev–Trinajstić information content (AvgIpc) is 2.44. The van der Waals surface area contributed by atoms with Crippen LogP contribution in [0.2, 0.25) is 0 Å². The van der Waals surface area contributed by atoms with Crippen LogP contribution < -0.4 is 5.73 Å². The summed E-state index contributed by atoms with van der Waals surface area (Å²) in [6, 6.07) is 9.63. The molecule has 100 valence electrons. The van der Waals surface area contributed by atoms with Crippen LogP contribution in [-0.4, -0.2) is 16.6 Å². The van der Waals surface area contributed by atoms with Gasteiger partial charge in [-0.3, -0.25) is 4.98 Å². The van der Waals surface area contributed by atoms with E-state index in [1.165, 1.54) is 0 Å². The molecule has 4 heteroatoms. The zero-order valence-corrected chi connectivity index (χ0v) is 12.3. The minimum Gasteiger partial charge on any atom is -0.388 e.